The van der Waals surface area contributed by atoms with Gasteiger partial charge in [-0.25, -0.2) is 9.78 Å². The highest BCUT2D eigenvalue weighted by molar-refractivity contribution is 5.69. The smallest absolute Gasteiger partial charge is 0.332 e. The van der Waals surface area contributed by atoms with Crippen LogP contribution in [0.5, 0.6) is 0 Å². The van der Waals surface area contributed by atoms with Gasteiger partial charge < -0.3 is 15.4 Å². The van der Waals surface area contributed by atoms with Crippen LogP contribution in [0.3, 0.4) is 0 Å². The van der Waals surface area contributed by atoms with E-state index < -0.39 is 17.4 Å². The van der Waals surface area contributed by atoms with Crippen molar-refractivity contribution in [1.82, 2.24) is 18.7 Å². The SMILES string of the molecule is Cn1c(=O)c2c(ncn2C[C@@H](O)C[NH3+])n(C)c1=O. The van der Waals surface area contributed by atoms with Gasteiger partial charge in [0, 0.05) is 14.1 Å². The van der Waals surface area contributed by atoms with Crippen LogP contribution in [-0.2, 0) is 20.6 Å². The summed E-state index contributed by atoms with van der Waals surface area (Å²) in [6, 6.07) is 0. The predicted octanol–water partition coefficient (Wildman–Crippen LogP) is -2.96. The molecule has 0 saturated heterocycles. The molecule has 0 spiro atoms. The summed E-state index contributed by atoms with van der Waals surface area (Å²) in [5.41, 5.74) is 3.39. The molecule has 2 rings (SSSR count). The van der Waals surface area contributed by atoms with E-state index >= 15 is 0 Å². The third kappa shape index (κ3) is 1.75. The minimum Gasteiger partial charge on any atom is -0.385 e. The van der Waals surface area contributed by atoms with Crippen LogP contribution in [-0.4, -0.2) is 36.4 Å². The Balaban J connectivity index is 2.74. The summed E-state index contributed by atoms with van der Waals surface area (Å²) < 4.78 is 3.88. The van der Waals surface area contributed by atoms with Gasteiger partial charge in [-0.15, -0.1) is 0 Å². The van der Waals surface area contributed by atoms with E-state index in [1.54, 1.807) is 11.6 Å². The molecule has 4 N–H and O–H groups in total. The summed E-state index contributed by atoms with van der Waals surface area (Å²) in [5, 5.41) is 9.58. The Morgan fingerprint density at radius 2 is 2.06 bits per heavy atom. The molecule has 8 nitrogen and oxygen atoms in total. The number of nitrogens with zero attached hydrogens (tertiary/aromatic N) is 4. The number of aliphatic hydroxyl groups excluding tert-OH is 1. The molecule has 0 fully saturated rings. The zero-order valence-electron chi connectivity index (χ0n) is 10.3. The van der Waals surface area contributed by atoms with Crippen molar-refractivity contribution in [2.75, 3.05) is 6.54 Å². The van der Waals surface area contributed by atoms with Crippen molar-refractivity contribution >= 4 is 11.2 Å². The van der Waals surface area contributed by atoms with Crippen LogP contribution in [0.1, 0.15) is 0 Å². The van der Waals surface area contributed by atoms with E-state index in [0.29, 0.717) is 17.7 Å². The summed E-state index contributed by atoms with van der Waals surface area (Å²) >= 11 is 0. The number of hydrogen-bond donors (Lipinski definition) is 2. The average Bonchev–Trinajstić information content (AvgIpc) is 2.77. The number of imidazole rings is 1. The Morgan fingerprint density at radius 3 is 2.67 bits per heavy atom. The lowest BCUT2D eigenvalue weighted by Gasteiger charge is -2.08. The Morgan fingerprint density at radius 1 is 1.39 bits per heavy atom. The summed E-state index contributed by atoms with van der Waals surface area (Å²) in [6.07, 6.45) is 0.800. The lowest BCUT2D eigenvalue weighted by molar-refractivity contribution is -0.384. The minimum absolute atomic E-state index is 0.230. The van der Waals surface area contributed by atoms with Gasteiger partial charge in [0.25, 0.3) is 5.56 Å². The van der Waals surface area contributed by atoms with Crippen LogP contribution in [0, 0.1) is 0 Å². The molecule has 2 aromatic heterocycles. The van der Waals surface area contributed by atoms with Gasteiger partial charge in [-0.3, -0.25) is 13.9 Å². The standard InChI is InChI=1S/C10H15N5O3/c1-13-8-7(9(17)14(2)10(13)18)15(5-12-8)4-6(16)3-11/h5-6,16H,3-4,11H2,1-2H3/p+1/t6-/m0/s1. The second kappa shape index (κ2) is 4.39. The maximum atomic E-state index is 12.0. The van der Waals surface area contributed by atoms with Crippen LogP contribution in [0.4, 0.5) is 0 Å². The van der Waals surface area contributed by atoms with E-state index in [-0.39, 0.29) is 6.54 Å². The highest BCUT2D eigenvalue weighted by Crippen LogP contribution is 2.05. The number of hydrogen-bond acceptors (Lipinski definition) is 4. The molecule has 98 valence electrons. The first-order valence-corrected chi connectivity index (χ1v) is 5.55. The molecule has 2 aromatic rings. The quantitative estimate of drug-likeness (QED) is 0.609. The molecule has 0 radical (unpaired) electrons. The van der Waals surface area contributed by atoms with E-state index in [4.69, 9.17) is 0 Å². The van der Waals surface area contributed by atoms with Crippen molar-refractivity contribution < 1.29 is 10.8 Å². The molecule has 0 amide bonds. The van der Waals surface area contributed by atoms with Crippen molar-refractivity contribution in [3.8, 4) is 0 Å². The third-order valence-corrected chi connectivity index (χ3v) is 2.96. The number of rotatable bonds is 3. The van der Waals surface area contributed by atoms with Gasteiger partial charge in [-0.1, -0.05) is 0 Å². The molecule has 0 bridgehead atoms. The zero-order valence-corrected chi connectivity index (χ0v) is 10.3. The van der Waals surface area contributed by atoms with Gasteiger partial charge in [0.2, 0.25) is 0 Å². The zero-order chi connectivity index (χ0) is 13.4. The maximum absolute atomic E-state index is 12.0. The van der Waals surface area contributed by atoms with Gasteiger partial charge in [-0.05, 0) is 0 Å². The molecule has 1 atom stereocenters. The molecule has 18 heavy (non-hydrogen) atoms. The molecule has 0 aliphatic carbocycles. The third-order valence-electron chi connectivity index (χ3n) is 2.96. The summed E-state index contributed by atoms with van der Waals surface area (Å²) in [7, 11) is 2.97. The fourth-order valence-corrected chi connectivity index (χ4v) is 1.85. The maximum Gasteiger partial charge on any atom is 0.332 e. The van der Waals surface area contributed by atoms with Gasteiger partial charge >= 0.3 is 5.69 Å². The number of fused-ring (bicyclic) bond motifs is 1. The van der Waals surface area contributed by atoms with Gasteiger partial charge in [0.15, 0.2) is 11.2 Å². The van der Waals surface area contributed by atoms with Gasteiger partial charge in [-0.2, -0.15) is 0 Å². The topological polar surface area (TPSA) is 110 Å². The lowest BCUT2D eigenvalue weighted by Crippen LogP contribution is -2.56. The van der Waals surface area contributed by atoms with Crippen LogP contribution in [0.2, 0.25) is 0 Å². The summed E-state index contributed by atoms with van der Waals surface area (Å²) in [4.78, 5) is 27.8. The van der Waals surface area contributed by atoms with Crippen LogP contribution >= 0.6 is 0 Å². The van der Waals surface area contributed by atoms with E-state index in [1.807, 2.05) is 0 Å². The van der Waals surface area contributed by atoms with Crippen molar-refractivity contribution in [1.29, 1.82) is 0 Å². The number of quaternary nitrogens is 1. The molecule has 0 unspecified atom stereocenters. The molecule has 2 heterocycles. The van der Waals surface area contributed by atoms with Gasteiger partial charge in [0.05, 0.1) is 12.9 Å². The largest absolute Gasteiger partial charge is 0.385 e. The first kappa shape index (κ1) is 12.5. The monoisotopic (exact) mass is 254 g/mol. The first-order valence-electron chi connectivity index (χ1n) is 5.55. The summed E-state index contributed by atoms with van der Waals surface area (Å²) in [6.45, 7) is 0.569. The molecular weight excluding hydrogens is 238 g/mol. The van der Waals surface area contributed by atoms with E-state index in [2.05, 4.69) is 10.7 Å². The van der Waals surface area contributed by atoms with Gasteiger partial charge in [0.1, 0.15) is 12.6 Å². The fourth-order valence-electron chi connectivity index (χ4n) is 1.85. The van der Waals surface area contributed by atoms with E-state index in [0.717, 1.165) is 4.57 Å². The number of aryl methyl sites for hydroxylation is 1. The van der Waals surface area contributed by atoms with Crippen molar-refractivity contribution in [3.05, 3.63) is 27.2 Å². The number of aliphatic hydroxyl groups is 1. The van der Waals surface area contributed by atoms with Crippen LogP contribution < -0.4 is 17.0 Å². The first-order chi connectivity index (χ1) is 8.47. The number of aromatic nitrogens is 4. The minimum atomic E-state index is -0.649. The lowest BCUT2D eigenvalue weighted by atomic mass is 10.3. The molecule has 8 heteroatoms. The van der Waals surface area contributed by atoms with E-state index in [9.17, 15) is 14.7 Å². The molecule has 0 saturated carbocycles. The molecule has 0 aliphatic heterocycles. The second-order valence-corrected chi connectivity index (χ2v) is 4.22. The highest BCUT2D eigenvalue weighted by Gasteiger charge is 2.15. The Hall–Kier alpha value is -1.93. The fraction of sp³-hybridized carbons (Fsp3) is 0.500. The second-order valence-electron chi connectivity index (χ2n) is 4.22. The normalized spacial score (nSPS) is 13.1. The highest BCUT2D eigenvalue weighted by atomic mass is 16.3. The van der Waals surface area contributed by atoms with Crippen molar-refractivity contribution in [3.63, 3.8) is 0 Å². The van der Waals surface area contributed by atoms with E-state index in [1.165, 1.54) is 17.9 Å². The Bertz CT molecular complexity index is 696. The van der Waals surface area contributed by atoms with Crippen LogP contribution in [0.15, 0.2) is 15.9 Å². The Kier molecular flexibility index (Phi) is 3.05. The van der Waals surface area contributed by atoms with Crippen molar-refractivity contribution in [2.24, 2.45) is 14.1 Å². The summed E-state index contributed by atoms with van der Waals surface area (Å²) in [5.74, 6) is 0. The predicted molar refractivity (Wildman–Crippen MR) is 64.0 cm³/mol. The Labute approximate surface area is 102 Å². The molecular formula is C10H16N5O3+. The molecule has 0 aliphatic rings. The van der Waals surface area contributed by atoms with Crippen molar-refractivity contribution in [2.45, 2.75) is 12.6 Å². The average molecular weight is 254 g/mol. The van der Waals surface area contributed by atoms with Crippen LogP contribution in [0.25, 0.3) is 11.2 Å². The molecule has 0 aromatic carbocycles.